The zero-order valence-corrected chi connectivity index (χ0v) is 20.0. The average Bonchev–Trinajstić information content (AvgIpc) is 2.88. The van der Waals surface area contributed by atoms with E-state index in [9.17, 15) is 12.8 Å². The minimum atomic E-state index is -3.88. The van der Waals surface area contributed by atoms with Crippen LogP contribution in [-0.2, 0) is 21.4 Å². The minimum absolute atomic E-state index is 0.154. The third-order valence-corrected chi connectivity index (χ3v) is 7.37. The van der Waals surface area contributed by atoms with Crippen molar-refractivity contribution >= 4 is 21.4 Å². The Balaban J connectivity index is 1.54. The molecule has 0 radical (unpaired) electrons. The molecule has 4 aromatic carbocycles. The van der Waals surface area contributed by atoms with Crippen LogP contribution in [0.4, 0.5) is 15.8 Å². The van der Waals surface area contributed by atoms with Crippen LogP contribution in [0.5, 0.6) is 0 Å². The highest BCUT2D eigenvalue weighted by Crippen LogP contribution is 2.28. The van der Waals surface area contributed by atoms with Gasteiger partial charge in [0.25, 0.3) is 10.0 Å². The number of nitrogens with two attached hydrogens (primary N) is 1. The van der Waals surface area contributed by atoms with Gasteiger partial charge >= 0.3 is 0 Å². The van der Waals surface area contributed by atoms with Crippen LogP contribution in [0.25, 0.3) is 11.1 Å². The Morgan fingerprint density at radius 2 is 1.51 bits per heavy atom. The van der Waals surface area contributed by atoms with Crippen molar-refractivity contribution in [2.75, 3.05) is 23.2 Å². The van der Waals surface area contributed by atoms with Gasteiger partial charge in [-0.25, -0.2) is 12.8 Å². The van der Waals surface area contributed by atoms with E-state index in [0.29, 0.717) is 36.6 Å². The highest BCUT2D eigenvalue weighted by atomic mass is 32.2. The number of anilines is 2. The lowest BCUT2D eigenvalue weighted by molar-refractivity contribution is 0.120. The Morgan fingerprint density at radius 1 is 0.800 bits per heavy atom. The maximum Gasteiger partial charge on any atom is 0.264 e. The predicted octanol–water partition coefficient (Wildman–Crippen LogP) is 5.88. The second-order valence-electron chi connectivity index (χ2n) is 8.10. The molecule has 7 heteroatoms. The van der Waals surface area contributed by atoms with Crippen molar-refractivity contribution in [1.82, 2.24) is 0 Å². The smallest absolute Gasteiger partial charge is 0.264 e. The standard InChI is InChI=1S/C28H27FN2O3S/c29-25-12-10-23(11-13-25)24-8-4-9-28(20-24)35(32,33)31(27-16-14-26(30)15-17-27)18-5-19-34-21-22-6-2-1-3-7-22/h1-4,6-17,20H,5,18-19,21,30H2. The predicted molar refractivity (Wildman–Crippen MR) is 138 cm³/mol. The van der Waals surface area contributed by atoms with Crippen LogP contribution in [0.15, 0.2) is 108 Å². The molecule has 4 aromatic rings. The highest BCUT2D eigenvalue weighted by Gasteiger charge is 2.25. The molecule has 0 aliphatic carbocycles. The van der Waals surface area contributed by atoms with Crippen LogP contribution in [0.2, 0.25) is 0 Å². The van der Waals surface area contributed by atoms with Crippen molar-refractivity contribution in [3.05, 3.63) is 115 Å². The van der Waals surface area contributed by atoms with E-state index in [4.69, 9.17) is 10.5 Å². The van der Waals surface area contributed by atoms with Crippen LogP contribution in [0, 0.1) is 5.82 Å². The Kier molecular flexibility index (Phi) is 7.80. The summed E-state index contributed by atoms with van der Waals surface area (Å²) < 4.78 is 47.9. The normalized spacial score (nSPS) is 11.3. The number of benzene rings is 4. The molecule has 4 rings (SSSR count). The molecule has 5 nitrogen and oxygen atoms in total. The first-order valence-electron chi connectivity index (χ1n) is 11.3. The largest absolute Gasteiger partial charge is 0.399 e. The van der Waals surface area contributed by atoms with Crippen molar-refractivity contribution in [2.45, 2.75) is 17.9 Å². The average molecular weight is 491 g/mol. The fourth-order valence-electron chi connectivity index (χ4n) is 3.71. The summed E-state index contributed by atoms with van der Waals surface area (Å²) in [6.45, 7) is 1.11. The molecule has 0 amide bonds. The first kappa shape index (κ1) is 24.4. The van der Waals surface area contributed by atoms with E-state index in [1.165, 1.54) is 16.4 Å². The molecule has 0 saturated carbocycles. The van der Waals surface area contributed by atoms with Crippen molar-refractivity contribution < 1.29 is 17.5 Å². The summed E-state index contributed by atoms with van der Waals surface area (Å²) in [5.41, 5.74) is 9.38. The molecular weight excluding hydrogens is 463 g/mol. The number of halogens is 1. The van der Waals surface area contributed by atoms with Crippen LogP contribution >= 0.6 is 0 Å². The molecular formula is C28H27FN2O3S. The summed E-state index contributed by atoms with van der Waals surface area (Å²) in [5.74, 6) is -0.346. The van der Waals surface area contributed by atoms with Gasteiger partial charge in [-0.1, -0.05) is 54.6 Å². The van der Waals surface area contributed by atoms with Gasteiger partial charge < -0.3 is 10.5 Å². The van der Waals surface area contributed by atoms with E-state index in [0.717, 1.165) is 11.1 Å². The molecule has 2 N–H and O–H groups in total. The number of ether oxygens (including phenoxy) is 1. The first-order valence-corrected chi connectivity index (χ1v) is 12.7. The van der Waals surface area contributed by atoms with Gasteiger partial charge in [0, 0.05) is 18.8 Å². The molecule has 0 spiro atoms. The molecule has 0 aromatic heterocycles. The molecule has 0 unspecified atom stereocenters. The van der Waals surface area contributed by atoms with E-state index in [-0.39, 0.29) is 17.3 Å². The maximum absolute atomic E-state index is 13.7. The lowest BCUT2D eigenvalue weighted by Gasteiger charge is -2.25. The molecule has 0 atom stereocenters. The summed E-state index contributed by atoms with van der Waals surface area (Å²) in [5, 5.41) is 0. The summed E-state index contributed by atoms with van der Waals surface area (Å²) in [6, 6.07) is 29.2. The summed E-state index contributed by atoms with van der Waals surface area (Å²) in [7, 11) is -3.88. The van der Waals surface area contributed by atoms with Crippen molar-refractivity contribution in [1.29, 1.82) is 0 Å². The van der Waals surface area contributed by atoms with Crippen LogP contribution < -0.4 is 10.0 Å². The molecule has 0 aliphatic rings. The number of rotatable bonds is 10. The van der Waals surface area contributed by atoms with Crippen LogP contribution in [-0.4, -0.2) is 21.6 Å². The monoisotopic (exact) mass is 490 g/mol. The molecule has 0 aliphatic heterocycles. The van der Waals surface area contributed by atoms with Crippen molar-refractivity contribution in [2.24, 2.45) is 0 Å². The Bertz CT molecular complexity index is 1340. The highest BCUT2D eigenvalue weighted by molar-refractivity contribution is 7.92. The molecule has 180 valence electrons. The van der Waals surface area contributed by atoms with E-state index < -0.39 is 10.0 Å². The number of nitrogen functional groups attached to an aromatic ring is 1. The van der Waals surface area contributed by atoms with Gasteiger partial charge in [-0.3, -0.25) is 4.31 Å². The molecule has 0 fully saturated rings. The van der Waals surface area contributed by atoms with Gasteiger partial charge in [-0.2, -0.15) is 0 Å². The fourth-order valence-corrected chi connectivity index (χ4v) is 5.26. The topological polar surface area (TPSA) is 72.6 Å². The third-order valence-electron chi connectivity index (χ3n) is 5.54. The van der Waals surface area contributed by atoms with Gasteiger partial charge in [0.05, 0.1) is 17.2 Å². The second kappa shape index (κ2) is 11.2. The van der Waals surface area contributed by atoms with E-state index >= 15 is 0 Å². The zero-order valence-electron chi connectivity index (χ0n) is 19.2. The Hall–Kier alpha value is -3.68. The van der Waals surface area contributed by atoms with E-state index in [1.54, 1.807) is 60.7 Å². The number of hydrogen-bond donors (Lipinski definition) is 1. The van der Waals surface area contributed by atoms with E-state index in [2.05, 4.69) is 0 Å². The molecule has 0 saturated heterocycles. The Morgan fingerprint density at radius 3 is 2.23 bits per heavy atom. The number of hydrogen-bond acceptors (Lipinski definition) is 4. The minimum Gasteiger partial charge on any atom is -0.399 e. The van der Waals surface area contributed by atoms with Crippen LogP contribution in [0.1, 0.15) is 12.0 Å². The van der Waals surface area contributed by atoms with Gasteiger partial charge in [-0.05, 0) is 71.6 Å². The number of nitrogens with zero attached hydrogens (tertiary/aromatic N) is 1. The first-order chi connectivity index (χ1) is 16.9. The molecule has 0 heterocycles. The lowest BCUT2D eigenvalue weighted by atomic mass is 10.1. The van der Waals surface area contributed by atoms with Gasteiger partial charge in [0.1, 0.15) is 5.82 Å². The van der Waals surface area contributed by atoms with Gasteiger partial charge in [-0.15, -0.1) is 0 Å². The SMILES string of the molecule is Nc1ccc(N(CCCOCc2ccccc2)S(=O)(=O)c2cccc(-c3ccc(F)cc3)c2)cc1. The summed E-state index contributed by atoms with van der Waals surface area (Å²) in [6.07, 6.45) is 0.508. The third kappa shape index (κ3) is 6.26. The van der Waals surface area contributed by atoms with Crippen molar-refractivity contribution in [3.8, 4) is 11.1 Å². The zero-order chi connectivity index (χ0) is 24.7. The van der Waals surface area contributed by atoms with E-state index in [1.807, 2.05) is 30.3 Å². The quantitative estimate of drug-likeness (QED) is 0.223. The number of sulfonamides is 1. The lowest BCUT2D eigenvalue weighted by Crippen LogP contribution is -2.32. The molecule has 35 heavy (non-hydrogen) atoms. The van der Waals surface area contributed by atoms with Crippen molar-refractivity contribution in [3.63, 3.8) is 0 Å². The summed E-state index contributed by atoms with van der Waals surface area (Å²) in [4.78, 5) is 0.154. The maximum atomic E-state index is 13.7. The van der Waals surface area contributed by atoms with Crippen LogP contribution in [0.3, 0.4) is 0 Å². The Labute approximate surface area is 205 Å². The fraction of sp³-hybridized carbons (Fsp3) is 0.143. The van der Waals surface area contributed by atoms with Gasteiger partial charge in [0.2, 0.25) is 0 Å². The molecule has 0 bridgehead atoms. The second-order valence-corrected chi connectivity index (χ2v) is 9.96. The summed E-state index contributed by atoms with van der Waals surface area (Å²) >= 11 is 0. The van der Waals surface area contributed by atoms with Gasteiger partial charge in [0.15, 0.2) is 0 Å².